The van der Waals surface area contributed by atoms with Crippen molar-refractivity contribution in [3.05, 3.63) is 53.1 Å². The van der Waals surface area contributed by atoms with Crippen LogP contribution in [0.3, 0.4) is 0 Å². The quantitative estimate of drug-likeness (QED) is 0.183. The van der Waals surface area contributed by atoms with Crippen LogP contribution in [-0.4, -0.2) is 98.0 Å². The van der Waals surface area contributed by atoms with Crippen molar-refractivity contribution in [3.8, 4) is 11.5 Å². The summed E-state index contributed by atoms with van der Waals surface area (Å²) in [5.74, 6) is 1.69. The van der Waals surface area contributed by atoms with Crippen molar-refractivity contribution in [2.24, 2.45) is 11.8 Å². The van der Waals surface area contributed by atoms with Crippen LogP contribution in [0.5, 0.6) is 11.5 Å². The summed E-state index contributed by atoms with van der Waals surface area (Å²) in [6.45, 7) is 5.71. The van der Waals surface area contributed by atoms with Gasteiger partial charge in [-0.3, -0.25) is 9.59 Å². The van der Waals surface area contributed by atoms with Crippen molar-refractivity contribution >= 4 is 17.5 Å². The minimum atomic E-state index is -0.913. The van der Waals surface area contributed by atoms with E-state index in [1.807, 2.05) is 0 Å². The van der Waals surface area contributed by atoms with E-state index in [9.17, 15) is 19.8 Å². The number of nitrogens with zero attached hydrogens (tertiary/aromatic N) is 2. The Labute approximate surface area is 254 Å². The van der Waals surface area contributed by atoms with E-state index in [2.05, 4.69) is 39.8 Å². The maximum absolute atomic E-state index is 12.5. The zero-order chi connectivity index (χ0) is 30.2. The Bertz CT molecular complexity index is 1240. The molecule has 2 aliphatic heterocycles. The molecule has 4 N–H and O–H groups in total. The molecule has 2 heterocycles. The van der Waals surface area contributed by atoms with Gasteiger partial charge >= 0.3 is 0 Å². The summed E-state index contributed by atoms with van der Waals surface area (Å²) in [6, 6.07) is 11.8. The molecular weight excluding hydrogens is 548 g/mol. The lowest BCUT2D eigenvalue weighted by atomic mass is 10.0. The van der Waals surface area contributed by atoms with Gasteiger partial charge in [0.2, 0.25) is 5.91 Å². The first-order valence-corrected chi connectivity index (χ1v) is 15.7. The van der Waals surface area contributed by atoms with Crippen molar-refractivity contribution in [1.82, 2.24) is 15.1 Å². The highest BCUT2D eigenvalue weighted by Crippen LogP contribution is 2.41. The van der Waals surface area contributed by atoms with E-state index in [0.717, 1.165) is 31.2 Å². The molecule has 2 unspecified atom stereocenters. The number of likely N-dealkylation sites (N-methyl/N-ethyl adjacent to an activating group) is 1. The molecule has 0 aromatic heterocycles. The zero-order valence-corrected chi connectivity index (χ0v) is 25.2. The van der Waals surface area contributed by atoms with Gasteiger partial charge in [0.05, 0.1) is 25.7 Å². The molecule has 2 fully saturated rings. The average molecular weight is 595 g/mol. The number of amides is 2. The summed E-state index contributed by atoms with van der Waals surface area (Å²) in [4.78, 5) is 28.4. The molecule has 0 spiro atoms. The minimum Gasteiger partial charge on any atom is -0.506 e. The Balaban J connectivity index is 0.931. The smallest absolute Gasteiger partial charge is 0.262 e. The molecule has 1 saturated heterocycles. The van der Waals surface area contributed by atoms with Gasteiger partial charge in [-0.25, -0.2) is 0 Å². The van der Waals surface area contributed by atoms with Crippen LogP contribution < -0.4 is 15.4 Å². The maximum atomic E-state index is 12.5. The van der Waals surface area contributed by atoms with Gasteiger partial charge in [-0.15, -0.1) is 0 Å². The van der Waals surface area contributed by atoms with Crippen LogP contribution in [0.2, 0.25) is 0 Å². The van der Waals surface area contributed by atoms with E-state index < -0.39 is 6.10 Å². The molecule has 2 aromatic carbocycles. The lowest BCUT2D eigenvalue weighted by molar-refractivity contribution is -0.131. The van der Waals surface area contributed by atoms with Crippen molar-refractivity contribution in [3.63, 3.8) is 0 Å². The number of carbonyl (C=O) groups excluding carboxylic acids is 2. The number of hydrogen-bond acceptors (Lipinski definition) is 8. The SMILES string of the molecule is CN(CCNC[C@H](O)c1ccc(O)c2c1OCC(=O)N2)C(=O)CCOCCc1cccc(CCN2CC3CCCC3C2)c1. The molecule has 0 bridgehead atoms. The van der Waals surface area contributed by atoms with Crippen LogP contribution in [0.25, 0.3) is 0 Å². The Morgan fingerprint density at radius 2 is 1.93 bits per heavy atom. The molecule has 43 heavy (non-hydrogen) atoms. The minimum absolute atomic E-state index is 0.00661. The van der Waals surface area contributed by atoms with Crippen molar-refractivity contribution in [1.29, 1.82) is 0 Å². The highest BCUT2D eigenvalue weighted by atomic mass is 16.5. The van der Waals surface area contributed by atoms with E-state index in [-0.39, 0.29) is 42.2 Å². The third-order valence-corrected chi connectivity index (χ3v) is 9.03. The van der Waals surface area contributed by atoms with Gasteiger partial charge in [0, 0.05) is 51.9 Å². The third kappa shape index (κ3) is 8.47. The van der Waals surface area contributed by atoms with E-state index in [4.69, 9.17) is 9.47 Å². The first kappa shape index (κ1) is 31.3. The number of aromatic hydroxyl groups is 1. The predicted molar refractivity (Wildman–Crippen MR) is 164 cm³/mol. The fourth-order valence-corrected chi connectivity index (χ4v) is 6.55. The fourth-order valence-electron chi connectivity index (χ4n) is 6.55. The summed E-state index contributed by atoms with van der Waals surface area (Å²) >= 11 is 0. The van der Waals surface area contributed by atoms with Gasteiger partial charge in [0.15, 0.2) is 12.4 Å². The highest BCUT2D eigenvalue weighted by molar-refractivity contribution is 5.97. The average Bonchev–Trinajstić information content (AvgIpc) is 3.61. The second kappa shape index (κ2) is 15.0. The molecule has 3 atom stereocenters. The van der Waals surface area contributed by atoms with Gasteiger partial charge in [-0.2, -0.15) is 0 Å². The second-order valence-corrected chi connectivity index (χ2v) is 12.1. The van der Waals surface area contributed by atoms with Crippen LogP contribution in [0, 0.1) is 11.8 Å². The first-order chi connectivity index (χ1) is 20.9. The van der Waals surface area contributed by atoms with E-state index in [1.54, 1.807) is 18.0 Å². The Hall–Kier alpha value is -3.18. The van der Waals surface area contributed by atoms with E-state index in [1.165, 1.54) is 49.5 Å². The fraction of sp³-hybridized carbons (Fsp3) is 0.576. The number of phenolic OH excluding ortho intramolecular Hbond substituents is 1. The van der Waals surface area contributed by atoms with Gasteiger partial charge in [0.25, 0.3) is 5.91 Å². The summed E-state index contributed by atoms with van der Waals surface area (Å²) in [5.41, 5.74) is 3.30. The number of likely N-dealkylation sites (tertiary alicyclic amines) is 1. The van der Waals surface area contributed by atoms with Gasteiger partial charge in [0.1, 0.15) is 11.4 Å². The lowest BCUT2D eigenvalue weighted by Gasteiger charge is -2.24. The number of nitrogens with one attached hydrogen (secondary N) is 2. The molecule has 1 saturated carbocycles. The number of rotatable bonds is 15. The molecule has 10 heteroatoms. The first-order valence-electron chi connectivity index (χ1n) is 15.7. The number of anilines is 1. The Morgan fingerprint density at radius 3 is 2.72 bits per heavy atom. The number of fused-ring (bicyclic) bond motifs is 2. The molecule has 1 aliphatic carbocycles. The van der Waals surface area contributed by atoms with Crippen LogP contribution in [0.1, 0.15) is 48.5 Å². The number of aliphatic hydroxyl groups excluding tert-OH is 1. The van der Waals surface area contributed by atoms with Crippen LogP contribution in [0.15, 0.2) is 36.4 Å². The molecule has 3 aliphatic rings. The zero-order valence-electron chi connectivity index (χ0n) is 25.2. The number of phenols is 1. The largest absolute Gasteiger partial charge is 0.506 e. The van der Waals surface area contributed by atoms with Crippen molar-refractivity contribution in [2.75, 3.05) is 71.5 Å². The predicted octanol–water partition coefficient (Wildman–Crippen LogP) is 2.73. The van der Waals surface area contributed by atoms with Crippen molar-refractivity contribution in [2.45, 2.75) is 44.6 Å². The summed E-state index contributed by atoms with van der Waals surface area (Å²) in [6.07, 6.45) is 5.60. The number of carbonyl (C=O) groups is 2. The Morgan fingerprint density at radius 1 is 1.16 bits per heavy atom. The van der Waals surface area contributed by atoms with E-state index >= 15 is 0 Å². The van der Waals surface area contributed by atoms with Crippen molar-refractivity contribution < 1.29 is 29.3 Å². The van der Waals surface area contributed by atoms with E-state index in [0.29, 0.717) is 38.3 Å². The monoisotopic (exact) mass is 594 g/mol. The van der Waals surface area contributed by atoms with Crippen LogP contribution >= 0.6 is 0 Å². The number of aliphatic hydroxyl groups is 1. The summed E-state index contributed by atoms with van der Waals surface area (Å²) in [7, 11) is 1.76. The second-order valence-electron chi connectivity index (χ2n) is 12.1. The standard InChI is InChI=1S/C33H46N4O6/c1-36(15-13-34-19-29(39)27-8-9-28(38)32-33(27)43-22-30(40)35-32)31(41)12-17-42-16-11-24-5-2-4-23(18-24)10-14-37-20-25-6-3-7-26(25)21-37/h2,4-5,8-9,18,25-26,29,34,38-39H,3,6-7,10-17,19-22H2,1H3,(H,35,40)/t25?,26?,29-/m0/s1. The highest BCUT2D eigenvalue weighted by Gasteiger charge is 2.35. The molecular formula is C33H46N4O6. The van der Waals surface area contributed by atoms with Gasteiger partial charge < -0.3 is 40.1 Å². The van der Waals surface area contributed by atoms with Gasteiger partial charge in [-0.05, 0) is 60.8 Å². The molecule has 2 amide bonds. The summed E-state index contributed by atoms with van der Waals surface area (Å²) in [5, 5.41) is 26.3. The number of hydrogen-bond donors (Lipinski definition) is 4. The lowest BCUT2D eigenvalue weighted by Crippen LogP contribution is -2.35. The normalized spacial score (nSPS) is 20.3. The maximum Gasteiger partial charge on any atom is 0.262 e. The molecule has 5 rings (SSSR count). The molecule has 2 aromatic rings. The molecule has 0 radical (unpaired) electrons. The topological polar surface area (TPSA) is 124 Å². The molecule has 10 nitrogen and oxygen atoms in total. The van der Waals surface area contributed by atoms with Crippen LogP contribution in [0.4, 0.5) is 5.69 Å². The Kier molecular flexibility index (Phi) is 10.9. The molecule has 234 valence electrons. The number of ether oxygens (including phenoxy) is 2. The number of benzene rings is 2. The van der Waals surface area contributed by atoms with Crippen LogP contribution in [-0.2, 0) is 27.2 Å². The third-order valence-electron chi connectivity index (χ3n) is 9.03. The van der Waals surface area contributed by atoms with Gasteiger partial charge in [-0.1, -0.05) is 30.7 Å². The summed E-state index contributed by atoms with van der Waals surface area (Å²) < 4.78 is 11.2.